The summed E-state index contributed by atoms with van der Waals surface area (Å²) in [6.07, 6.45) is 1.05. The number of para-hydroxylation sites is 2. The average molecular weight is 384 g/mol. The number of aryl methyl sites for hydroxylation is 1. The zero-order valence-corrected chi connectivity index (χ0v) is 16.0. The van der Waals surface area contributed by atoms with Crippen molar-refractivity contribution < 1.29 is 21.6 Å². The Hall–Kier alpha value is -2.26. The molecule has 25 heavy (non-hydrogen) atoms. The molecule has 136 valence electrons. The highest BCUT2D eigenvalue weighted by Gasteiger charge is 2.21. The second-order valence-corrected chi connectivity index (χ2v) is 9.18. The lowest BCUT2D eigenvalue weighted by Crippen LogP contribution is -2.26. The number of nitrogens with one attached hydrogen (secondary N) is 1. The molecule has 0 unspecified atom stereocenters. The molecule has 0 aliphatic heterocycles. The number of benzene rings is 2. The summed E-state index contributed by atoms with van der Waals surface area (Å²) in [5, 5.41) is 0. The summed E-state index contributed by atoms with van der Waals surface area (Å²) in [6.45, 7) is 1.74. The molecule has 0 atom stereocenters. The average Bonchev–Trinajstić information content (AvgIpc) is 2.53. The minimum atomic E-state index is -3.89. The Labute approximate surface area is 148 Å². The van der Waals surface area contributed by atoms with Crippen molar-refractivity contribution in [2.75, 3.05) is 29.4 Å². The molecule has 0 radical (unpaired) electrons. The molecule has 9 heteroatoms. The van der Waals surface area contributed by atoms with Gasteiger partial charge in [-0.25, -0.2) is 16.8 Å². The summed E-state index contributed by atoms with van der Waals surface area (Å²) < 4.78 is 57.4. The molecule has 0 spiro atoms. The predicted molar refractivity (Wildman–Crippen MR) is 98.2 cm³/mol. The van der Waals surface area contributed by atoms with E-state index < -0.39 is 20.0 Å². The molecular weight excluding hydrogens is 364 g/mol. The molecule has 0 heterocycles. The topological polar surface area (TPSA) is 92.8 Å². The Bertz CT molecular complexity index is 985. The minimum absolute atomic E-state index is 0.0580. The molecular formula is C16H20N2O5S2. The van der Waals surface area contributed by atoms with Crippen LogP contribution in [0.5, 0.6) is 5.75 Å². The van der Waals surface area contributed by atoms with Crippen molar-refractivity contribution in [3.63, 3.8) is 0 Å². The van der Waals surface area contributed by atoms with E-state index >= 15 is 0 Å². The van der Waals surface area contributed by atoms with Gasteiger partial charge in [-0.05, 0) is 42.8 Å². The first kappa shape index (κ1) is 19.1. The molecule has 7 nitrogen and oxygen atoms in total. The Kier molecular flexibility index (Phi) is 5.28. The maximum Gasteiger partial charge on any atom is 0.261 e. The van der Waals surface area contributed by atoms with Gasteiger partial charge in [-0.2, -0.15) is 0 Å². The van der Waals surface area contributed by atoms with Gasteiger partial charge < -0.3 is 4.74 Å². The van der Waals surface area contributed by atoms with Gasteiger partial charge in [0.15, 0.2) is 0 Å². The molecule has 0 fully saturated rings. The summed E-state index contributed by atoms with van der Waals surface area (Å²) in [6, 6.07) is 10.8. The SMILES string of the molecule is COc1ccc(S(=O)(=O)Nc2ccccc2N(C)S(C)(=O)=O)cc1C. The molecule has 2 aromatic carbocycles. The van der Waals surface area contributed by atoms with E-state index in [0.29, 0.717) is 11.3 Å². The van der Waals surface area contributed by atoms with Gasteiger partial charge in [-0.3, -0.25) is 9.03 Å². The molecule has 0 aliphatic rings. The zero-order chi connectivity index (χ0) is 18.8. The highest BCUT2D eigenvalue weighted by molar-refractivity contribution is 7.93. The lowest BCUT2D eigenvalue weighted by molar-refractivity contribution is 0.411. The Morgan fingerprint density at radius 1 is 1.04 bits per heavy atom. The highest BCUT2D eigenvalue weighted by Crippen LogP contribution is 2.29. The lowest BCUT2D eigenvalue weighted by Gasteiger charge is -2.21. The summed E-state index contributed by atoms with van der Waals surface area (Å²) in [7, 11) is -4.55. The summed E-state index contributed by atoms with van der Waals surface area (Å²) in [4.78, 5) is 0.0580. The fraction of sp³-hybridized carbons (Fsp3) is 0.250. The second-order valence-electron chi connectivity index (χ2n) is 5.48. The van der Waals surface area contributed by atoms with Crippen molar-refractivity contribution >= 4 is 31.4 Å². The number of ether oxygens (including phenoxy) is 1. The van der Waals surface area contributed by atoms with Crippen LogP contribution in [0.25, 0.3) is 0 Å². The van der Waals surface area contributed by atoms with E-state index in [2.05, 4.69) is 4.72 Å². The molecule has 0 amide bonds. The molecule has 0 bridgehead atoms. The Morgan fingerprint density at radius 3 is 2.24 bits per heavy atom. The summed E-state index contributed by atoms with van der Waals surface area (Å²) in [5.74, 6) is 0.580. The van der Waals surface area contributed by atoms with Crippen LogP contribution >= 0.6 is 0 Å². The largest absolute Gasteiger partial charge is 0.496 e. The van der Waals surface area contributed by atoms with Crippen molar-refractivity contribution in [1.29, 1.82) is 0 Å². The van der Waals surface area contributed by atoms with Crippen LogP contribution in [0.1, 0.15) is 5.56 Å². The van der Waals surface area contributed by atoms with Crippen LogP contribution in [-0.2, 0) is 20.0 Å². The lowest BCUT2D eigenvalue weighted by atomic mass is 10.2. The van der Waals surface area contributed by atoms with Crippen LogP contribution in [0.2, 0.25) is 0 Å². The van der Waals surface area contributed by atoms with Crippen molar-refractivity contribution in [1.82, 2.24) is 0 Å². The normalized spacial score (nSPS) is 11.8. The van der Waals surface area contributed by atoms with E-state index in [9.17, 15) is 16.8 Å². The number of sulfonamides is 2. The van der Waals surface area contributed by atoms with Crippen LogP contribution in [0.3, 0.4) is 0 Å². The first-order valence-electron chi connectivity index (χ1n) is 7.26. The molecule has 0 saturated heterocycles. The van der Waals surface area contributed by atoms with Crippen LogP contribution in [-0.4, -0.2) is 37.2 Å². The van der Waals surface area contributed by atoms with E-state index in [1.54, 1.807) is 25.1 Å². The fourth-order valence-electron chi connectivity index (χ4n) is 2.23. The van der Waals surface area contributed by atoms with Crippen molar-refractivity contribution in [2.45, 2.75) is 11.8 Å². The van der Waals surface area contributed by atoms with Gasteiger partial charge in [-0.15, -0.1) is 0 Å². The van der Waals surface area contributed by atoms with Gasteiger partial charge in [0, 0.05) is 7.05 Å². The summed E-state index contributed by atoms with van der Waals surface area (Å²) in [5.41, 5.74) is 1.08. The van der Waals surface area contributed by atoms with Crippen molar-refractivity contribution in [3.05, 3.63) is 48.0 Å². The molecule has 0 aliphatic carbocycles. The van der Waals surface area contributed by atoms with E-state index in [-0.39, 0.29) is 16.3 Å². The number of anilines is 2. The summed E-state index contributed by atoms with van der Waals surface area (Å²) >= 11 is 0. The Morgan fingerprint density at radius 2 is 1.68 bits per heavy atom. The second kappa shape index (κ2) is 6.93. The van der Waals surface area contributed by atoms with Gasteiger partial charge in [-0.1, -0.05) is 12.1 Å². The number of rotatable bonds is 6. The first-order valence-corrected chi connectivity index (χ1v) is 10.6. The van der Waals surface area contributed by atoms with E-state index in [4.69, 9.17) is 4.74 Å². The maximum atomic E-state index is 12.7. The third-order valence-electron chi connectivity index (χ3n) is 3.66. The quantitative estimate of drug-likeness (QED) is 0.824. The Balaban J connectivity index is 2.44. The number of methoxy groups -OCH3 is 1. The standard InChI is InChI=1S/C16H20N2O5S2/c1-12-11-13(9-10-16(12)23-3)25(21,22)17-14-7-5-6-8-15(14)18(2)24(4,19)20/h5-11,17H,1-4H3. The fourth-order valence-corrected chi connectivity index (χ4v) is 3.91. The van der Waals surface area contributed by atoms with Gasteiger partial charge in [0.1, 0.15) is 5.75 Å². The minimum Gasteiger partial charge on any atom is -0.496 e. The molecule has 1 N–H and O–H groups in total. The molecule has 0 saturated carbocycles. The van der Waals surface area contributed by atoms with Crippen molar-refractivity contribution in [3.8, 4) is 5.75 Å². The number of nitrogens with zero attached hydrogens (tertiary/aromatic N) is 1. The third-order valence-corrected chi connectivity index (χ3v) is 6.22. The highest BCUT2D eigenvalue weighted by atomic mass is 32.2. The zero-order valence-electron chi connectivity index (χ0n) is 14.3. The van der Waals surface area contributed by atoms with E-state index in [1.165, 1.54) is 38.4 Å². The predicted octanol–water partition coefficient (Wildman–Crippen LogP) is 2.20. The maximum absolute atomic E-state index is 12.7. The molecule has 2 rings (SSSR count). The van der Waals surface area contributed by atoms with Crippen molar-refractivity contribution in [2.24, 2.45) is 0 Å². The van der Waals surface area contributed by atoms with Crippen LogP contribution in [0.4, 0.5) is 11.4 Å². The first-order chi connectivity index (χ1) is 11.6. The molecule has 0 aromatic heterocycles. The monoisotopic (exact) mass is 384 g/mol. The van der Waals surface area contributed by atoms with E-state index in [0.717, 1.165) is 10.6 Å². The van der Waals surface area contributed by atoms with E-state index in [1.807, 2.05) is 0 Å². The van der Waals surface area contributed by atoms with Crippen LogP contribution < -0.4 is 13.8 Å². The van der Waals surface area contributed by atoms with Gasteiger partial charge in [0.05, 0.1) is 29.6 Å². The smallest absolute Gasteiger partial charge is 0.261 e. The van der Waals surface area contributed by atoms with Gasteiger partial charge >= 0.3 is 0 Å². The number of hydrogen-bond acceptors (Lipinski definition) is 5. The van der Waals surface area contributed by atoms with Crippen LogP contribution in [0, 0.1) is 6.92 Å². The van der Waals surface area contributed by atoms with Gasteiger partial charge in [0.25, 0.3) is 10.0 Å². The van der Waals surface area contributed by atoms with Crippen LogP contribution in [0.15, 0.2) is 47.4 Å². The number of hydrogen-bond donors (Lipinski definition) is 1. The molecule has 2 aromatic rings. The third kappa shape index (κ3) is 4.23. The van der Waals surface area contributed by atoms with Gasteiger partial charge in [0.2, 0.25) is 10.0 Å².